The SMILES string of the molecule is CCOC(=O)COC(=O)c1cccc(Cl)c1N. The number of hydrogen-bond donors (Lipinski definition) is 1. The molecule has 0 bridgehead atoms. The topological polar surface area (TPSA) is 78.6 Å². The van der Waals surface area contributed by atoms with Gasteiger partial charge in [-0.15, -0.1) is 0 Å². The molecule has 0 unspecified atom stereocenters. The van der Waals surface area contributed by atoms with Crippen LogP contribution in [0.15, 0.2) is 18.2 Å². The lowest BCUT2D eigenvalue weighted by molar-refractivity contribution is -0.146. The van der Waals surface area contributed by atoms with Crippen LogP contribution in [0.4, 0.5) is 5.69 Å². The van der Waals surface area contributed by atoms with E-state index in [1.807, 2.05) is 0 Å². The van der Waals surface area contributed by atoms with Gasteiger partial charge in [0.2, 0.25) is 0 Å². The number of anilines is 1. The number of esters is 2. The van der Waals surface area contributed by atoms with Crippen LogP contribution in [0.3, 0.4) is 0 Å². The molecule has 5 nitrogen and oxygen atoms in total. The van der Waals surface area contributed by atoms with Gasteiger partial charge in [-0.05, 0) is 19.1 Å². The molecule has 0 radical (unpaired) electrons. The molecule has 0 aromatic heterocycles. The summed E-state index contributed by atoms with van der Waals surface area (Å²) in [7, 11) is 0. The van der Waals surface area contributed by atoms with Gasteiger partial charge >= 0.3 is 11.9 Å². The van der Waals surface area contributed by atoms with Gasteiger partial charge < -0.3 is 15.2 Å². The molecule has 0 aliphatic carbocycles. The van der Waals surface area contributed by atoms with Crippen molar-refractivity contribution in [1.29, 1.82) is 0 Å². The molecular formula is C11H12ClNO4. The Kier molecular flexibility index (Phi) is 4.78. The number of para-hydroxylation sites is 1. The number of carbonyl (C=O) groups excluding carboxylic acids is 2. The van der Waals surface area contributed by atoms with E-state index < -0.39 is 18.5 Å². The van der Waals surface area contributed by atoms with E-state index in [0.29, 0.717) is 0 Å². The highest BCUT2D eigenvalue weighted by Crippen LogP contribution is 2.22. The first-order chi connectivity index (χ1) is 8.06. The van der Waals surface area contributed by atoms with Gasteiger partial charge in [0.15, 0.2) is 6.61 Å². The summed E-state index contributed by atoms with van der Waals surface area (Å²) < 4.78 is 9.33. The lowest BCUT2D eigenvalue weighted by Gasteiger charge is -2.07. The molecule has 1 rings (SSSR count). The van der Waals surface area contributed by atoms with E-state index in [1.54, 1.807) is 19.1 Å². The Balaban J connectivity index is 2.64. The quantitative estimate of drug-likeness (QED) is 0.655. The minimum absolute atomic E-state index is 0.127. The van der Waals surface area contributed by atoms with Crippen LogP contribution in [0.2, 0.25) is 5.02 Å². The van der Waals surface area contributed by atoms with Crippen molar-refractivity contribution in [3.8, 4) is 0 Å². The van der Waals surface area contributed by atoms with Gasteiger partial charge in [-0.3, -0.25) is 0 Å². The zero-order valence-corrected chi connectivity index (χ0v) is 9.99. The number of nitrogens with two attached hydrogens (primary N) is 1. The number of hydrogen-bond acceptors (Lipinski definition) is 5. The summed E-state index contributed by atoms with van der Waals surface area (Å²) >= 11 is 5.75. The Morgan fingerprint density at radius 1 is 1.35 bits per heavy atom. The smallest absolute Gasteiger partial charge is 0.344 e. The summed E-state index contributed by atoms with van der Waals surface area (Å²) in [4.78, 5) is 22.5. The molecule has 0 aliphatic rings. The first kappa shape index (κ1) is 13.3. The van der Waals surface area contributed by atoms with Gasteiger partial charge in [-0.1, -0.05) is 17.7 Å². The number of benzene rings is 1. The maximum atomic E-state index is 11.6. The lowest BCUT2D eigenvalue weighted by Crippen LogP contribution is -2.17. The molecule has 0 fully saturated rings. The second kappa shape index (κ2) is 6.10. The molecule has 0 atom stereocenters. The fourth-order valence-corrected chi connectivity index (χ4v) is 1.29. The molecule has 0 heterocycles. The zero-order chi connectivity index (χ0) is 12.8. The second-order valence-corrected chi connectivity index (χ2v) is 3.49. The summed E-state index contributed by atoms with van der Waals surface area (Å²) in [6.07, 6.45) is 0. The average molecular weight is 258 g/mol. The van der Waals surface area contributed by atoms with E-state index in [2.05, 4.69) is 4.74 Å². The number of nitrogen functional groups attached to an aromatic ring is 1. The van der Waals surface area contributed by atoms with Crippen molar-refractivity contribution < 1.29 is 19.1 Å². The summed E-state index contributed by atoms with van der Waals surface area (Å²) in [6.45, 7) is 1.45. The fraction of sp³-hybridized carbons (Fsp3) is 0.273. The van der Waals surface area contributed by atoms with E-state index >= 15 is 0 Å². The van der Waals surface area contributed by atoms with Gasteiger partial charge in [0, 0.05) is 0 Å². The Hall–Kier alpha value is -1.75. The molecule has 0 saturated heterocycles. The van der Waals surface area contributed by atoms with E-state index in [-0.39, 0.29) is 22.9 Å². The van der Waals surface area contributed by atoms with Crippen LogP contribution in [0.5, 0.6) is 0 Å². The average Bonchev–Trinajstić information content (AvgIpc) is 2.30. The molecule has 1 aromatic rings. The highest BCUT2D eigenvalue weighted by Gasteiger charge is 2.14. The molecule has 0 saturated carbocycles. The van der Waals surface area contributed by atoms with Gasteiger partial charge in [-0.25, -0.2) is 9.59 Å². The Bertz CT molecular complexity index is 433. The van der Waals surface area contributed by atoms with Crippen LogP contribution in [0.25, 0.3) is 0 Å². The summed E-state index contributed by atoms with van der Waals surface area (Å²) in [5.41, 5.74) is 5.85. The van der Waals surface area contributed by atoms with E-state index in [1.165, 1.54) is 6.07 Å². The minimum atomic E-state index is -0.710. The van der Waals surface area contributed by atoms with E-state index in [0.717, 1.165) is 0 Å². The normalized spacial score (nSPS) is 9.76. The van der Waals surface area contributed by atoms with Crippen LogP contribution >= 0.6 is 11.6 Å². The predicted octanol–water partition coefficient (Wildman–Crippen LogP) is 1.64. The maximum Gasteiger partial charge on any atom is 0.344 e. The molecule has 0 amide bonds. The van der Waals surface area contributed by atoms with E-state index in [9.17, 15) is 9.59 Å². The van der Waals surface area contributed by atoms with Crippen LogP contribution in [0, 0.1) is 0 Å². The van der Waals surface area contributed by atoms with Gasteiger partial charge in [0.05, 0.1) is 22.9 Å². The summed E-state index contributed by atoms with van der Waals surface area (Å²) in [6, 6.07) is 4.59. The number of carbonyl (C=O) groups is 2. The highest BCUT2D eigenvalue weighted by atomic mass is 35.5. The predicted molar refractivity (Wildman–Crippen MR) is 62.8 cm³/mol. The van der Waals surface area contributed by atoms with Gasteiger partial charge in [0.1, 0.15) is 0 Å². The molecule has 1 aromatic carbocycles. The number of ether oxygens (including phenoxy) is 2. The van der Waals surface area contributed by atoms with Crippen molar-refractivity contribution in [3.63, 3.8) is 0 Å². The summed E-state index contributed by atoms with van der Waals surface area (Å²) in [5.74, 6) is -1.32. The van der Waals surface area contributed by atoms with Crippen LogP contribution in [0.1, 0.15) is 17.3 Å². The van der Waals surface area contributed by atoms with Crippen molar-refractivity contribution in [2.45, 2.75) is 6.92 Å². The first-order valence-corrected chi connectivity index (χ1v) is 5.30. The second-order valence-electron chi connectivity index (χ2n) is 3.08. The molecule has 92 valence electrons. The van der Waals surface area contributed by atoms with Crippen LogP contribution in [-0.4, -0.2) is 25.2 Å². The van der Waals surface area contributed by atoms with Crippen molar-refractivity contribution in [2.24, 2.45) is 0 Å². The van der Waals surface area contributed by atoms with Crippen molar-refractivity contribution in [1.82, 2.24) is 0 Å². The third-order valence-electron chi connectivity index (χ3n) is 1.90. The van der Waals surface area contributed by atoms with Crippen LogP contribution < -0.4 is 5.73 Å². The Labute approximate surface area is 103 Å². The number of rotatable bonds is 4. The fourth-order valence-electron chi connectivity index (χ4n) is 1.12. The number of halogens is 1. The van der Waals surface area contributed by atoms with Crippen molar-refractivity contribution >= 4 is 29.2 Å². The molecular weight excluding hydrogens is 246 g/mol. The van der Waals surface area contributed by atoms with E-state index in [4.69, 9.17) is 22.1 Å². The molecule has 2 N–H and O–H groups in total. The summed E-state index contributed by atoms with van der Waals surface area (Å²) in [5, 5.41) is 0.260. The van der Waals surface area contributed by atoms with Crippen molar-refractivity contribution in [3.05, 3.63) is 28.8 Å². The first-order valence-electron chi connectivity index (χ1n) is 4.93. The monoisotopic (exact) mass is 257 g/mol. The largest absolute Gasteiger partial charge is 0.463 e. The zero-order valence-electron chi connectivity index (χ0n) is 9.23. The Morgan fingerprint density at radius 3 is 2.71 bits per heavy atom. The molecule has 17 heavy (non-hydrogen) atoms. The maximum absolute atomic E-state index is 11.6. The Morgan fingerprint density at radius 2 is 2.06 bits per heavy atom. The van der Waals surface area contributed by atoms with Crippen LogP contribution in [-0.2, 0) is 14.3 Å². The third kappa shape index (κ3) is 3.64. The van der Waals surface area contributed by atoms with Crippen molar-refractivity contribution in [2.75, 3.05) is 18.9 Å². The lowest BCUT2D eigenvalue weighted by atomic mass is 10.2. The van der Waals surface area contributed by atoms with Gasteiger partial charge in [-0.2, -0.15) is 0 Å². The van der Waals surface area contributed by atoms with Gasteiger partial charge in [0.25, 0.3) is 0 Å². The molecule has 0 spiro atoms. The minimum Gasteiger partial charge on any atom is -0.463 e. The molecule has 6 heteroatoms. The highest BCUT2D eigenvalue weighted by molar-refractivity contribution is 6.33. The standard InChI is InChI=1S/C11H12ClNO4/c1-2-16-9(14)6-17-11(15)7-4-3-5-8(12)10(7)13/h3-5H,2,6,13H2,1H3. The molecule has 0 aliphatic heterocycles. The third-order valence-corrected chi connectivity index (χ3v) is 2.23.